The van der Waals surface area contributed by atoms with Crippen LogP contribution in [0.25, 0.3) is 0 Å². The van der Waals surface area contributed by atoms with Crippen LogP contribution in [0.4, 0.5) is 5.69 Å². The number of hydrogen-bond acceptors (Lipinski definition) is 4. The third kappa shape index (κ3) is 3.47. The average molecular weight is 265 g/mol. The van der Waals surface area contributed by atoms with Crippen molar-refractivity contribution in [3.63, 3.8) is 0 Å². The summed E-state index contributed by atoms with van der Waals surface area (Å²) in [5.41, 5.74) is 6.57. The number of hydrogen-bond donors (Lipinski definition) is 2. The van der Waals surface area contributed by atoms with Gasteiger partial charge in [-0.15, -0.1) is 0 Å². The van der Waals surface area contributed by atoms with Crippen LogP contribution < -0.4 is 11.1 Å². The molecule has 0 spiro atoms. The van der Waals surface area contributed by atoms with Gasteiger partial charge in [0.2, 0.25) is 0 Å². The van der Waals surface area contributed by atoms with E-state index in [-0.39, 0.29) is 11.9 Å². The molecule has 3 N–H and O–H groups in total. The van der Waals surface area contributed by atoms with Gasteiger partial charge in [-0.1, -0.05) is 0 Å². The Bertz CT molecular complexity index is 436. The molecule has 1 unspecified atom stereocenters. The van der Waals surface area contributed by atoms with Gasteiger partial charge in [-0.05, 0) is 39.8 Å². The molecule has 0 aromatic carbocycles. The van der Waals surface area contributed by atoms with Crippen molar-refractivity contribution in [2.45, 2.75) is 39.3 Å². The summed E-state index contributed by atoms with van der Waals surface area (Å²) in [6.07, 6.45) is 4.21. The second-order valence-corrected chi connectivity index (χ2v) is 5.17. The fraction of sp³-hybridized carbons (Fsp3) is 0.692. The topological polar surface area (TPSA) is 76.2 Å². The number of rotatable bonds is 5. The largest absolute Gasteiger partial charge is 0.396 e. The van der Waals surface area contributed by atoms with Crippen LogP contribution in [0.1, 0.15) is 37.2 Å². The second-order valence-electron chi connectivity index (χ2n) is 5.17. The Labute approximate surface area is 113 Å². The summed E-state index contributed by atoms with van der Waals surface area (Å²) in [6.45, 7) is 7.84. The van der Waals surface area contributed by atoms with E-state index in [0.717, 1.165) is 19.6 Å². The van der Waals surface area contributed by atoms with Crippen LogP contribution in [0.15, 0.2) is 6.20 Å². The molecule has 1 aliphatic heterocycles. The van der Waals surface area contributed by atoms with Crippen molar-refractivity contribution in [1.29, 1.82) is 0 Å². The maximum absolute atomic E-state index is 12.1. The van der Waals surface area contributed by atoms with Gasteiger partial charge in [0.1, 0.15) is 0 Å². The summed E-state index contributed by atoms with van der Waals surface area (Å²) in [6, 6.07) is 0.108. The van der Waals surface area contributed by atoms with Gasteiger partial charge in [0.25, 0.3) is 5.91 Å². The molecule has 0 radical (unpaired) electrons. The van der Waals surface area contributed by atoms with Gasteiger partial charge in [-0.2, -0.15) is 5.10 Å². The number of likely N-dealkylation sites (tertiary alicyclic amines) is 1. The third-order valence-electron chi connectivity index (χ3n) is 3.44. The Morgan fingerprint density at radius 2 is 2.21 bits per heavy atom. The first-order chi connectivity index (χ1) is 9.10. The summed E-state index contributed by atoms with van der Waals surface area (Å²) >= 11 is 0. The van der Waals surface area contributed by atoms with Crippen LogP contribution in [0.3, 0.4) is 0 Å². The zero-order valence-electron chi connectivity index (χ0n) is 11.7. The van der Waals surface area contributed by atoms with Gasteiger partial charge in [0.05, 0.1) is 5.69 Å². The van der Waals surface area contributed by atoms with E-state index in [0.29, 0.717) is 17.9 Å². The number of nitrogens with zero attached hydrogens (tertiary/aromatic N) is 3. The summed E-state index contributed by atoms with van der Waals surface area (Å²) in [5, 5.41) is 7.14. The third-order valence-corrected chi connectivity index (χ3v) is 3.44. The van der Waals surface area contributed by atoms with E-state index in [9.17, 15) is 4.79 Å². The predicted molar refractivity (Wildman–Crippen MR) is 74.9 cm³/mol. The van der Waals surface area contributed by atoms with Crippen molar-refractivity contribution in [2.24, 2.45) is 0 Å². The summed E-state index contributed by atoms with van der Waals surface area (Å²) in [4.78, 5) is 14.5. The number of carbonyl (C=O) groups is 1. The first-order valence-corrected chi connectivity index (χ1v) is 6.96. The smallest absolute Gasteiger partial charge is 0.274 e. The van der Waals surface area contributed by atoms with Crippen LogP contribution in [0, 0.1) is 0 Å². The monoisotopic (exact) mass is 265 g/mol. The molecular weight excluding hydrogens is 242 g/mol. The molecule has 0 bridgehead atoms. The lowest BCUT2D eigenvalue weighted by atomic mass is 10.2. The molecule has 1 aliphatic rings. The van der Waals surface area contributed by atoms with E-state index in [2.05, 4.69) is 15.3 Å². The van der Waals surface area contributed by atoms with Gasteiger partial charge in [-0.3, -0.25) is 9.48 Å². The number of aryl methyl sites for hydroxylation is 1. The van der Waals surface area contributed by atoms with E-state index in [1.165, 1.54) is 12.8 Å². The van der Waals surface area contributed by atoms with E-state index < -0.39 is 0 Å². The lowest BCUT2D eigenvalue weighted by molar-refractivity contribution is 0.0927. The van der Waals surface area contributed by atoms with Crippen molar-refractivity contribution < 1.29 is 4.79 Å². The van der Waals surface area contributed by atoms with Gasteiger partial charge in [-0.25, -0.2) is 0 Å². The molecule has 0 saturated carbocycles. The number of carbonyl (C=O) groups excluding carboxylic acids is 1. The lowest BCUT2D eigenvalue weighted by Gasteiger charge is -2.20. The van der Waals surface area contributed by atoms with Crippen LogP contribution in [-0.4, -0.2) is 46.3 Å². The highest BCUT2D eigenvalue weighted by Crippen LogP contribution is 2.10. The average Bonchev–Trinajstić information content (AvgIpc) is 2.98. The van der Waals surface area contributed by atoms with Crippen LogP contribution in [0.2, 0.25) is 0 Å². The number of anilines is 1. The van der Waals surface area contributed by atoms with E-state index in [1.807, 2.05) is 13.8 Å². The molecular formula is C13H23N5O. The molecule has 19 heavy (non-hydrogen) atoms. The SMILES string of the molecule is CCn1cc(N)c(C(=O)NC(C)CN2CCCC2)n1. The number of aromatic nitrogens is 2. The van der Waals surface area contributed by atoms with Crippen molar-refractivity contribution in [1.82, 2.24) is 20.0 Å². The minimum Gasteiger partial charge on any atom is -0.396 e. The molecule has 106 valence electrons. The first-order valence-electron chi connectivity index (χ1n) is 6.96. The fourth-order valence-electron chi connectivity index (χ4n) is 2.47. The number of amides is 1. The number of nitrogen functional groups attached to an aromatic ring is 1. The highest BCUT2D eigenvalue weighted by atomic mass is 16.2. The Balaban J connectivity index is 1.90. The maximum atomic E-state index is 12.1. The molecule has 2 heterocycles. The minimum absolute atomic E-state index is 0.108. The Morgan fingerprint density at radius 3 is 2.79 bits per heavy atom. The molecule has 1 fully saturated rings. The molecule has 1 atom stereocenters. The molecule has 6 heteroatoms. The highest BCUT2D eigenvalue weighted by Gasteiger charge is 2.19. The maximum Gasteiger partial charge on any atom is 0.274 e. The molecule has 1 saturated heterocycles. The summed E-state index contributed by atoms with van der Waals surface area (Å²) in [7, 11) is 0. The Hall–Kier alpha value is -1.56. The Kier molecular flexibility index (Phi) is 4.42. The first kappa shape index (κ1) is 13.9. The molecule has 1 aromatic rings. The van der Waals surface area contributed by atoms with Crippen LogP contribution >= 0.6 is 0 Å². The summed E-state index contributed by atoms with van der Waals surface area (Å²) < 4.78 is 1.68. The van der Waals surface area contributed by atoms with Gasteiger partial charge in [0, 0.05) is 25.3 Å². The number of nitrogens with two attached hydrogens (primary N) is 1. The van der Waals surface area contributed by atoms with Crippen LogP contribution in [-0.2, 0) is 6.54 Å². The van der Waals surface area contributed by atoms with Gasteiger partial charge >= 0.3 is 0 Å². The normalized spacial score (nSPS) is 17.6. The minimum atomic E-state index is -0.184. The second kappa shape index (κ2) is 6.06. The number of nitrogens with one attached hydrogen (secondary N) is 1. The van der Waals surface area contributed by atoms with E-state index in [4.69, 9.17) is 5.73 Å². The van der Waals surface area contributed by atoms with Crippen LogP contribution in [0.5, 0.6) is 0 Å². The fourth-order valence-corrected chi connectivity index (χ4v) is 2.47. The standard InChI is InChI=1S/C13H23N5O/c1-3-18-9-11(14)12(16-18)13(19)15-10(2)8-17-6-4-5-7-17/h9-10H,3-8,14H2,1-2H3,(H,15,19). The van der Waals surface area contributed by atoms with E-state index >= 15 is 0 Å². The predicted octanol–water partition coefficient (Wildman–Crippen LogP) is 0.699. The van der Waals surface area contributed by atoms with Gasteiger partial charge in [0.15, 0.2) is 5.69 Å². The molecule has 2 rings (SSSR count). The molecule has 0 aliphatic carbocycles. The quantitative estimate of drug-likeness (QED) is 0.821. The van der Waals surface area contributed by atoms with Crippen molar-refractivity contribution in [3.05, 3.63) is 11.9 Å². The highest BCUT2D eigenvalue weighted by molar-refractivity contribution is 5.97. The zero-order chi connectivity index (χ0) is 13.8. The Morgan fingerprint density at radius 1 is 1.53 bits per heavy atom. The summed E-state index contributed by atoms with van der Waals surface area (Å²) in [5.74, 6) is -0.184. The molecule has 1 aromatic heterocycles. The molecule has 1 amide bonds. The van der Waals surface area contributed by atoms with Crippen molar-refractivity contribution in [3.8, 4) is 0 Å². The zero-order valence-corrected chi connectivity index (χ0v) is 11.7. The molecule has 6 nitrogen and oxygen atoms in total. The van der Waals surface area contributed by atoms with E-state index in [1.54, 1.807) is 10.9 Å². The van der Waals surface area contributed by atoms with Gasteiger partial charge < -0.3 is 16.0 Å². The lowest BCUT2D eigenvalue weighted by Crippen LogP contribution is -2.41. The van der Waals surface area contributed by atoms with Crippen molar-refractivity contribution in [2.75, 3.05) is 25.4 Å². The van der Waals surface area contributed by atoms with Crippen molar-refractivity contribution >= 4 is 11.6 Å².